The molecule has 0 aliphatic carbocycles. The molecule has 0 aromatic heterocycles. The molecule has 0 aliphatic heterocycles. The van der Waals surface area contributed by atoms with Crippen LogP contribution in [0, 0.1) is 18.8 Å². The van der Waals surface area contributed by atoms with E-state index in [1.54, 1.807) is 0 Å². The highest BCUT2D eigenvalue weighted by Crippen LogP contribution is 2.43. The van der Waals surface area contributed by atoms with Crippen LogP contribution >= 0.6 is 0 Å². The number of rotatable bonds is 12. The molecular formula is C31H40O6. The zero-order chi connectivity index (χ0) is 27.1. The van der Waals surface area contributed by atoms with Gasteiger partial charge in [0.1, 0.15) is 36.9 Å². The van der Waals surface area contributed by atoms with E-state index in [2.05, 4.69) is 6.07 Å². The van der Waals surface area contributed by atoms with E-state index in [1.807, 2.05) is 84.9 Å². The quantitative estimate of drug-likeness (QED) is 0.193. The topological polar surface area (TPSA) is 71.1 Å². The molecule has 0 amide bonds. The Morgan fingerprint density at radius 1 is 0.649 bits per heavy atom. The Balaban J connectivity index is 1.90. The third-order valence-electron chi connectivity index (χ3n) is 5.82. The summed E-state index contributed by atoms with van der Waals surface area (Å²) in [5.41, 5.74) is 1.09. The van der Waals surface area contributed by atoms with Gasteiger partial charge in [-0.25, -0.2) is 0 Å². The van der Waals surface area contributed by atoms with Crippen LogP contribution in [0.4, 0.5) is 0 Å². The summed E-state index contributed by atoms with van der Waals surface area (Å²) in [4.78, 5) is 24.2. The lowest BCUT2D eigenvalue weighted by atomic mass is 9.99. The number of ether oxygens (including phenoxy) is 4. The van der Waals surface area contributed by atoms with E-state index in [0.29, 0.717) is 12.8 Å². The van der Waals surface area contributed by atoms with Gasteiger partial charge in [0.05, 0.1) is 0 Å². The van der Waals surface area contributed by atoms with Gasteiger partial charge >= 0.3 is 11.9 Å². The van der Waals surface area contributed by atoms with Crippen molar-refractivity contribution in [3.8, 4) is 11.5 Å². The molecule has 0 N–H and O–H groups in total. The van der Waals surface area contributed by atoms with Gasteiger partial charge in [-0.1, -0.05) is 69.7 Å². The molecule has 3 rings (SSSR count). The van der Waals surface area contributed by atoms with Crippen molar-refractivity contribution in [3.63, 3.8) is 0 Å². The highest BCUT2D eigenvalue weighted by Gasteiger charge is 2.20. The molecule has 2 unspecified atom stereocenters. The van der Waals surface area contributed by atoms with Crippen LogP contribution in [0.25, 0.3) is 21.5 Å². The summed E-state index contributed by atoms with van der Waals surface area (Å²) in [6.07, 6.45) is -0.00991. The van der Waals surface area contributed by atoms with E-state index in [9.17, 15) is 9.59 Å². The Bertz CT molecular complexity index is 1230. The molecule has 37 heavy (non-hydrogen) atoms. The lowest BCUT2D eigenvalue weighted by Crippen LogP contribution is -2.23. The van der Waals surface area contributed by atoms with Gasteiger partial charge in [-0.15, -0.1) is 0 Å². The van der Waals surface area contributed by atoms with Gasteiger partial charge in [0.15, 0.2) is 0 Å². The van der Waals surface area contributed by atoms with Crippen LogP contribution in [-0.4, -0.2) is 37.4 Å². The van der Waals surface area contributed by atoms with Gasteiger partial charge in [-0.05, 0) is 38.7 Å². The second-order valence-corrected chi connectivity index (χ2v) is 10.7. The summed E-state index contributed by atoms with van der Waals surface area (Å²) in [5.74, 6) is 1.49. The van der Waals surface area contributed by atoms with E-state index in [-0.39, 0.29) is 49.2 Å². The first-order chi connectivity index (χ1) is 17.5. The SMILES string of the molecule is Cc1ccc2c(OCC(C)OC(=O)CC(C)C)c3ccccc3c(OCC(C)OC(=O)CC(C)C)c2c1. The average Bonchev–Trinajstić information content (AvgIpc) is 2.79. The maximum absolute atomic E-state index is 12.1. The van der Waals surface area contributed by atoms with Crippen molar-refractivity contribution >= 4 is 33.5 Å². The van der Waals surface area contributed by atoms with Gasteiger partial charge in [0, 0.05) is 34.4 Å². The lowest BCUT2D eigenvalue weighted by molar-refractivity contribution is -0.151. The van der Waals surface area contributed by atoms with Crippen molar-refractivity contribution in [2.75, 3.05) is 13.2 Å². The molecule has 0 saturated heterocycles. The van der Waals surface area contributed by atoms with Crippen LogP contribution < -0.4 is 9.47 Å². The molecule has 0 saturated carbocycles. The summed E-state index contributed by atoms with van der Waals surface area (Å²) in [5, 5.41) is 3.63. The number of hydrogen-bond donors (Lipinski definition) is 0. The largest absolute Gasteiger partial charge is 0.488 e. The van der Waals surface area contributed by atoms with E-state index in [1.165, 1.54) is 0 Å². The Morgan fingerprint density at radius 3 is 1.54 bits per heavy atom. The van der Waals surface area contributed by atoms with E-state index < -0.39 is 0 Å². The third kappa shape index (κ3) is 7.85. The number of esters is 2. The van der Waals surface area contributed by atoms with Gasteiger partial charge in [0.2, 0.25) is 0 Å². The van der Waals surface area contributed by atoms with Gasteiger partial charge < -0.3 is 18.9 Å². The average molecular weight is 509 g/mol. The third-order valence-corrected chi connectivity index (χ3v) is 5.82. The first-order valence-electron chi connectivity index (χ1n) is 13.1. The van der Waals surface area contributed by atoms with Crippen molar-refractivity contribution in [2.24, 2.45) is 11.8 Å². The molecule has 6 heteroatoms. The second-order valence-electron chi connectivity index (χ2n) is 10.7. The fraction of sp³-hybridized carbons (Fsp3) is 0.484. The van der Waals surface area contributed by atoms with Crippen LogP contribution in [0.1, 0.15) is 59.9 Å². The predicted octanol–water partition coefficient (Wildman–Crippen LogP) is 7.01. The maximum Gasteiger partial charge on any atom is 0.306 e. The molecule has 0 fully saturated rings. The van der Waals surface area contributed by atoms with Crippen LogP contribution in [0.2, 0.25) is 0 Å². The molecule has 0 aliphatic rings. The van der Waals surface area contributed by atoms with Crippen LogP contribution in [-0.2, 0) is 19.1 Å². The van der Waals surface area contributed by atoms with Crippen molar-refractivity contribution in [2.45, 2.75) is 73.5 Å². The molecule has 0 radical (unpaired) electrons. The minimum atomic E-state index is -0.387. The van der Waals surface area contributed by atoms with E-state index in [0.717, 1.165) is 38.6 Å². The first kappa shape index (κ1) is 28.3. The predicted molar refractivity (Wildman–Crippen MR) is 147 cm³/mol. The van der Waals surface area contributed by atoms with Crippen LogP contribution in [0.15, 0.2) is 42.5 Å². The zero-order valence-corrected chi connectivity index (χ0v) is 23.1. The van der Waals surface area contributed by atoms with Crippen molar-refractivity contribution in [1.82, 2.24) is 0 Å². The molecular weight excluding hydrogens is 468 g/mol. The molecule has 3 aromatic carbocycles. The smallest absolute Gasteiger partial charge is 0.306 e. The molecule has 200 valence electrons. The number of benzene rings is 3. The molecule has 0 spiro atoms. The highest BCUT2D eigenvalue weighted by atomic mass is 16.6. The fourth-order valence-electron chi connectivity index (χ4n) is 4.21. The van der Waals surface area contributed by atoms with Crippen molar-refractivity contribution < 1.29 is 28.5 Å². The lowest BCUT2D eigenvalue weighted by Gasteiger charge is -2.21. The van der Waals surface area contributed by atoms with Crippen LogP contribution in [0.5, 0.6) is 11.5 Å². The summed E-state index contributed by atoms with van der Waals surface area (Å²) in [6.45, 7) is 14.1. The zero-order valence-electron chi connectivity index (χ0n) is 23.1. The first-order valence-corrected chi connectivity index (χ1v) is 13.1. The summed E-state index contributed by atoms with van der Waals surface area (Å²) in [7, 11) is 0. The van der Waals surface area contributed by atoms with Gasteiger partial charge in [-0.2, -0.15) is 0 Å². The number of carbonyl (C=O) groups excluding carboxylic acids is 2. The van der Waals surface area contributed by atoms with Crippen molar-refractivity contribution in [3.05, 3.63) is 48.0 Å². The van der Waals surface area contributed by atoms with E-state index in [4.69, 9.17) is 18.9 Å². The second kappa shape index (κ2) is 12.8. The van der Waals surface area contributed by atoms with E-state index >= 15 is 0 Å². The molecule has 0 heterocycles. The number of carbonyl (C=O) groups is 2. The molecule has 6 nitrogen and oxygen atoms in total. The van der Waals surface area contributed by atoms with Gasteiger partial charge in [0.25, 0.3) is 0 Å². The minimum Gasteiger partial charge on any atom is -0.488 e. The summed E-state index contributed by atoms with van der Waals surface area (Å²) >= 11 is 0. The standard InChI is InChI=1S/C31H40O6/c1-19(2)14-28(32)36-22(6)17-34-30-24-10-8-9-11-25(24)31(27-16-21(5)12-13-26(27)30)35-18-23(7)37-29(33)15-20(3)4/h8-13,16,19-20,22-23H,14-15,17-18H2,1-7H3. The summed E-state index contributed by atoms with van der Waals surface area (Å²) < 4.78 is 23.7. The highest BCUT2D eigenvalue weighted by molar-refractivity contribution is 6.11. The number of aryl methyl sites for hydroxylation is 1. The fourth-order valence-corrected chi connectivity index (χ4v) is 4.21. The van der Waals surface area contributed by atoms with Crippen LogP contribution in [0.3, 0.4) is 0 Å². The Kier molecular flexibility index (Phi) is 9.79. The van der Waals surface area contributed by atoms with Crippen molar-refractivity contribution in [1.29, 1.82) is 0 Å². The summed E-state index contributed by atoms with van der Waals surface area (Å²) in [6, 6.07) is 14.1. The maximum atomic E-state index is 12.1. The Morgan fingerprint density at radius 2 is 1.08 bits per heavy atom. The molecule has 3 aromatic rings. The Hall–Kier alpha value is -3.28. The molecule has 0 bridgehead atoms. The Labute approximate surface area is 220 Å². The minimum absolute atomic E-state index is 0.219. The van der Waals surface area contributed by atoms with Gasteiger partial charge in [-0.3, -0.25) is 9.59 Å². The monoisotopic (exact) mass is 508 g/mol. The normalized spacial score (nSPS) is 13.1. The number of hydrogen-bond acceptors (Lipinski definition) is 6. The molecule has 2 atom stereocenters. The number of fused-ring (bicyclic) bond motifs is 2.